The monoisotopic (exact) mass is 208 g/mol. The van der Waals surface area contributed by atoms with Crippen LogP contribution in [-0.2, 0) is 14.3 Å². The van der Waals surface area contributed by atoms with E-state index >= 15 is 0 Å². The molecule has 0 heterocycles. The van der Waals surface area contributed by atoms with Crippen LogP contribution in [0.3, 0.4) is 0 Å². The number of esters is 1. The summed E-state index contributed by atoms with van der Waals surface area (Å²) in [6.07, 6.45) is 0.180. The first-order valence-electron chi connectivity index (χ1n) is 3.69. The van der Waals surface area contributed by atoms with Crippen molar-refractivity contribution < 1.29 is 48.9 Å². The molecule has 0 spiro atoms. The summed E-state index contributed by atoms with van der Waals surface area (Å²) in [4.78, 5) is 11.0. The molecule has 0 N–H and O–H groups in total. The molecule has 0 aliphatic rings. The molecule has 4 nitrogen and oxygen atoms in total. The van der Waals surface area contributed by atoms with Crippen molar-refractivity contribution in [2.75, 3.05) is 14.2 Å². The quantitative estimate of drug-likeness (QED) is 0.166. The number of carbonyl (C=O) groups excluding carboxylic acids is 1. The third-order valence-corrected chi connectivity index (χ3v) is 1.34. The minimum Gasteiger partial charge on any atom is -0.616 e. The molecule has 74 valence electrons. The smallest absolute Gasteiger partial charge is 0.616 e. The van der Waals surface area contributed by atoms with Crippen LogP contribution in [0.4, 0.5) is 0 Å². The number of hydrogen-bond donors (Lipinski definition) is 0. The van der Waals surface area contributed by atoms with Gasteiger partial charge in [0.1, 0.15) is 0 Å². The first-order valence-corrected chi connectivity index (χ1v) is 3.69. The van der Waals surface area contributed by atoms with Crippen LogP contribution in [-0.4, -0.2) is 20.2 Å². The summed E-state index contributed by atoms with van der Waals surface area (Å²) >= 11 is 0. The van der Waals surface area contributed by atoms with Gasteiger partial charge in [0.05, 0.1) is 18.6 Å². The van der Waals surface area contributed by atoms with Crippen molar-refractivity contribution in [1.29, 1.82) is 0 Å². The third-order valence-electron chi connectivity index (χ3n) is 1.34. The molecule has 14 heavy (non-hydrogen) atoms. The standard InChI is InChI=1S/C9H14O4.Na/c1-6(2)5-7(8(10)12-3)9(11)13-4;/h10H,1,5H2,2-4H3;/q;+1/p-1. The number of allylic oxidation sites excluding steroid dienone is 1. The van der Waals surface area contributed by atoms with Crippen molar-refractivity contribution in [1.82, 2.24) is 0 Å². The molecular formula is C9H13NaO4. The molecule has 0 aromatic carbocycles. The summed E-state index contributed by atoms with van der Waals surface area (Å²) in [6, 6.07) is 0. The summed E-state index contributed by atoms with van der Waals surface area (Å²) in [5.74, 6) is -1.34. The van der Waals surface area contributed by atoms with Gasteiger partial charge in [0.25, 0.3) is 0 Å². The summed E-state index contributed by atoms with van der Waals surface area (Å²) in [5.41, 5.74) is 0.670. The van der Waals surface area contributed by atoms with Crippen LogP contribution in [0.5, 0.6) is 0 Å². The molecule has 0 atom stereocenters. The van der Waals surface area contributed by atoms with Crippen LogP contribution in [0.2, 0.25) is 0 Å². The Labute approximate surface area is 106 Å². The van der Waals surface area contributed by atoms with Gasteiger partial charge in [0.2, 0.25) is 0 Å². The van der Waals surface area contributed by atoms with Gasteiger partial charge in [-0.3, -0.25) is 0 Å². The molecule has 0 unspecified atom stereocenters. The van der Waals surface area contributed by atoms with Crippen LogP contribution >= 0.6 is 0 Å². The topological polar surface area (TPSA) is 58.6 Å². The number of rotatable bonds is 4. The fraction of sp³-hybridized carbons (Fsp3) is 0.444. The molecule has 0 saturated carbocycles. The maximum atomic E-state index is 11.0. The molecule has 5 heteroatoms. The van der Waals surface area contributed by atoms with Crippen LogP contribution in [0.25, 0.3) is 0 Å². The van der Waals surface area contributed by atoms with Crippen molar-refractivity contribution in [3.05, 3.63) is 23.7 Å². The van der Waals surface area contributed by atoms with E-state index in [-0.39, 0.29) is 41.6 Å². The molecule has 0 aliphatic heterocycles. The van der Waals surface area contributed by atoms with Gasteiger partial charge >= 0.3 is 35.5 Å². The summed E-state index contributed by atoms with van der Waals surface area (Å²) in [5, 5.41) is 11.0. The van der Waals surface area contributed by atoms with Gasteiger partial charge in [-0.05, 0) is 14.0 Å². The van der Waals surface area contributed by atoms with E-state index in [1.165, 1.54) is 14.2 Å². The number of hydrogen-bond acceptors (Lipinski definition) is 4. The van der Waals surface area contributed by atoms with Gasteiger partial charge in [-0.2, -0.15) is 0 Å². The first kappa shape index (κ1) is 16.0. The zero-order valence-corrected chi connectivity index (χ0v) is 11.0. The van der Waals surface area contributed by atoms with Crippen molar-refractivity contribution in [3.63, 3.8) is 0 Å². The zero-order valence-electron chi connectivity index (χ0n) is 9.05. The largest absolute Gasteiger partial charge is 1.00 e. The summed E-state index contributed by atoms with van der Waals surface area (Å²) in [6.45, 7) is 5.31. The van der Waals surface area contributed by atoms with E-state index in [9.17, 15) is 9.90 Å². The van der Waals surface area contributed by atoms with Crippen molar-refractivity contribution >= 4 is 5.97 Å². The van der Waals surface area contributed by atoms with Gasteiger partial charge in [-0.1, -0.05) is 12.2 Å². The molecule has 0 aliphatic carbocycles. The number of ether oxygens (including phenoxy) is 2. The molecule has 0 radical (unpaired) electrons. The Morgan fingerprint density at radius 3 is 2.14 bits per heavy atom. The summed E-state index contributed by atoms with van der Waals surface area (Å²) < 4.78 is 8.84. The Morgan fingerprint density at radius 1 is 1.36 bits per heavy atom. The maximum Gasteiger partial charge on any atom is 1.00 e. The maximum absolute atomic E-state index is 11.0. The first-order chi connectivity index (χ1) is 6.02. The zero-order chi connectivity index (χ0) is 10.4. The van der Waals surface area contributed by atoms with Crippen molar-refractivity contribution in [2.24, 2.45) is 0 Å². The Morgan fingerprint density at radius 2 is 1.86 bits per heavy atom. The van der Waals surface area contributed by atoms with E-state index in [0.29, 0.717) is 5.57 Å². The van der Waals surface area contributed by atoms with Crippen LogP contribution < -0.4 is 34.7 Å². The molecule has 0 aromatic heterocycles. The van der Waals surface area contributed by atoms with Crippen LogP contribution in [0.1, 0.15) is 13.3 Å². The second kappa shape index (κ2) is 7.91. The van der Waals surface area contributed by atoms with Crippen molar-refractivity contribution in [2.45, 2.75) is 13.3 Å². The summed E-state index contributed by atoms with van der Waals surface area (Å²) in [7, 11) is 2.42. The molecular weight excluding hydrogens is 195 g/mol. The van der Waals surface area contributed by atoms with Crippen LogP contribution in [0.15, 0.2) is 23.7 Å². The average molecular weight is 208 g/mol. The minimum absolute atomic E-state index is 0. The van der Waals surface area contributed by atoms with Crippen LogP contribution in [0, 0.1) is 0 Å². The minimum atomic E-state index is -0.671. The van der Waals surface area contributed by atoms with Gasteiger partial charge < -0.3 is 14.6 Å². The second-order valence-electron chi connectivity index (χ2n) is 2.60. The van der Waals surface area contributed by atoms with E-state index in [4.69, 9.17) is 0 Å². The van der Waals surface area contributed by atoms with Gasteiger partial charge in [-0.15, -0.1) is 0 Å². The fourth-order valence-corrected chi connectivity index (χ4v) is 0.776. The second-order valence-corrected chi connectivity index (χ2v) is 2.60. The molecule has 0 rings (SSSR count). The molecule has 0 bridgehead atoms. The van der Waals surface area contributed by atoms with E-state index in [2.05, 4.69) is 16.1 Å². The fourth-order valence-electron chi connectivity index (χ4n) is 0.776. The molecule has 0 fully saturated rings. The van der Waals surface area contributed by atoms with Gasteiger partial charge in [-0.25, -0.2) is 4.79 Å². The Kier molecular flexibility index (Phi) is 9.04. The van der Waals surface area contributed by atoms with E-state index in [1.54, 1.807) is 6.92 Å². The molecule has 0 aromatic rings. The third kappa shape index (κ3) is 5.32. The normalized spacial score (nSPS) is 10.8. The van der Waals surface area contributed by atoms with E-state index in [1.807, 2.05) is 0 Å². The van der Waals surface area contributed by atoms with Gasteiger partial charge in [0, 0.05) is 6.42 Å². The van der Waals surface area contributed by atoms with E-state index < -0.39 is 11.9 Å². The van der Waals surface area contributed by atoms with E-state index in [0.717, 1.165) is 0 Å². The average Bonchev–Trinajstić information content (AvgIpc) is 2.11. The Hall–Kier alpha value is -0.450. The Bertz CT molecular complexity index is 245. The predicted molar refractivity (Wildman–Crippen MR) is 45.5 cm³/mol. The van der Waals surface area contributed by atoms with Gasteiger partial charge in [0.15, 0.2) is 0 Å². The predicted octanol–water partition coefficient (Wildman–Crippen LogP) is -2.65. The Balaban J connectivity index is 0. The molecule has 0 amide bonds. The number of carbonyl (C=O) groups is 1. The number of methoxy groups -OCH3 is 2. The van der Waals surface area contributed by atoms with Crippen molar-refractivity contribution in [3.8, 4) is 0 Å². The molecule has 0 saturated heterocycles. The SMILES string of the molecule is C=C(C)CC(C(=O)OC)=C([O-])OC.[Na+].